The normalized spacial score (nSPS) is 11.5. The van der Waals surface area contributed by atoms with Crippen LogP contribution in [0.5, 0.6) is 0 Å². The molecule has 0 saturated heterocycles. The maximum Gasteiger partial charge on any atom is 0.232 e. The van der Waals surface area contributed by atoms with Crippen LogP contribution in [0.15, 0.2) is 5.16 Å². The van der Waals surface area contributed by atoms with Crippen LogP contribution in [0.4, 0.5) is 5.69 Å². The van der Waals surface area contributed by atoms with E-state index in [4.69, 9.17) is 10.9 Å². The van der Waals surface area contributed by atoms with Crippen molar-refractivity contribution >= 4 is 17.4 Å². The largest absolute Gasteiger partial charge is 0.409 e. The lowest BCUT2D eigenvalue weighted by atomic mass is 10.3. The maximum atomic E-state index is 11.4. The fraction of sp³-hybridized carbons (Fsp3) is 0.375. The van der Waals surface area contributed by atoms with E-state index in [0.29, 0.717) is 11.4 Å². The molecule has 0 atom stereocenters. The highest BCUT2D eigenvalue weighted by molar-refractivity contribution is 6.05. The van der Waals surface area contributed by atoms with Crippen LogP contribution in [0.25, 0.3) is 0 Å². The molecule has 1 heterocycles. The monoisotopic (exact) mass is 211 g/mol. The zero-order chi connectivity index (χ0) is 11.4. The second-order valence-corrected chi connectivity index (χ2v) is 3.13. The molecule has 0 unspecified atom stereocenters. The second-order valence-electron chi connectivity index (χ2n) is 3.13. The summed E-state index contributed by atoms with van der Waals surface area (Å²) in [6.07, 6.45) is -0.152. The van der Waals surface area contributed by atoms with Gasteiger partial charge in [0.15, 0.2) is 0 Å². The standard InChI is InChI=1S/C8H13N5O2/c1-4-8(5(2)12-11-4)10-7(14)3-6(9)13-15/h15H,3H2,1-2H3,(H2,9,13)(H,10,14)(H,11,12). The smallest absolute Gasteiger partial charge is 0.232 e. The van der Waals surface area contributed by atoms with Gasteiger partial charge in [0.2, 0.25) is 5.91 Å². The van der Waals surface area contributed by atoms with Gasteiger partial charge in [-0.25, -0.2) is 0 Å². The third kappa shape index (κ3) is 2.70. The molecule has 7 nitrogen and oxygen atoms in total. The van der Waals surface area contributed by atoms with Crippen molar-refractivity contribution in [2.45, 2.75) is 20.3 Å². The Morgan fingerprint density at radius 1 is 1.67 bits per heavy atom. The first-order valence-corrected chi connectivity index (χ1v) is 4.32. The number of aryl methyl sites for hydroxylation is 2. The van der Waals surface area contributed by atoms with Crippen LogP contribution >= 0.6 is 0 Å². The van der Waals surface area contributed by atoms with E-state index in [9.17, 15) is 4.79 Å². The van der Waals surface area contributed by atoms with E-state index in [1.165, 1.54) is 0 Å². The Hall–Kier alpha value is -2.05. The number of carbonyl (C=O) groups is 1. The van der Waals surface area contributed by atoms with Crippen LogP contribution in [0.1, 0.15) is 17.8 Å². The van der Waals surface area contributed by atoms with E-state index in [-0.39, 0.29) is 18.2 Å². The number of oxime groups is 1. The predicted octanol–water partition coefficient (Wildman–Crippen LogP) is 0.102. The summed E-state index contributed by atoms with van der Waals surface area (Å²) < 4.78 is 0. The first-order valence-electron chi connectivity index (χ1n) is 4.32. The first kappa shape index (κ1) is 11.0. The molecule has 0 saturated carbocycles. The lowest BCUT2D eigenvalue weighted by Gasteiger charge is -2.03. The fourth-order valence-electron chi connectivity index (χ4n) is 1.12. The van der Waals surface area contributed by atoms with Gasteiger partial charge < -0.3 is 16.3 Å². The number of hydrogen-bond acceptors (Lipinski definition) is 4. The van der Waals surface area contributed by atoms with Crippen LogP contribution in [0.2, 0.25) is 0 Å². The van der Waals surface area contributed by atoms with Gasteiger partial charge in [-0.3, -0.25) is 9.89 Å². The van der Waals surface area contributed by atoms with Gasteiger partial charge in [0.25, 0.3) is 0 Å². The van der Waals surface area contributed by atoms with Gasteiger partial charge in [-0.1, -0.05) is 5.16 Å². The average molecular weight is 211 g/mol. The van der Waals surface area contributed by atoms with Gasteiger partial charge in [0.1, 0.15) is 5.84 Å². The van der Waals surface area contributed by atoms with Crippen molar-refractivity contribution < 1.29 is 10.0 Å². The number of hydrogen-bond donors (Lipinski definition) is 4. The minimum atomic E-state index is -0.349. The third-order valence-corrected chi connectivity index (χ3v) is 1.86. The highest BCUT2D eigenvalue weighted by Gasteiger charge is 2.11. The molecule has 0 aliphatic carbocycles. The summed E-state index contributed by atoms with van der Waals surface area (Å²) in [7, 11) is 0. The number of nitrogens with one attached hydrogen (secondary N) is 2. The molecule has 0 bridgehead atoms. The number of aromatic nitrogens is 2. The van der Waals surface area contributed by atoms with Gasteiger partial charge >= 0.3 is 0 Å². The molecule has 82 valence electrons. The summed E-state index contributed by atoms with van der Waals surface area (Å²) >= 11 is 0. The molecule has 0 spiro atoms. The molecule has 0 fully saturated rings. The Balaban J connectivity index is 2.67. The van der Waals surface area contributed by atoms with E-state index in [2.05, 4.69) is 20.7 Å². The molecule has 0 aliphatic heterocycles. The number of aromatic amines is 1. The van der Waals surface area contributed by atoms with Crippen LogP contribution in [-0.2, 0) is 4.79 Å². The molecular formula is C8H13N5O2. The number of carbonyl (C=O) groups excluding carboxylic acids is 1. The van der Waals surface area contributed by atoms with Gasteiger partial charge in [-0.15, -0.1) is 0 Å². The van der Waals surface area contributed by atoms with E-state index in [1.807, 2.05) is 0 Å². The minimum absolute atomic E-state index is 0.133. The van der Waals surface area contributed by atoms with Gasteiger partial charge in [0.05, 0.1) is 23.5 Å². The average Bonchev–Trinajstić information content (AvgIpc) is 2.49. The molecule has 7 heteroatoms. The number of amidine groups is 1. The SMILES string of the molecule is Cc1n[nH]c(C)c1NC(=O)C/C(N)=N/O. The van der Waals surface area contributed by atoms with Crippen LogP contribution in [-0.4, -0.2) is 27.1 Å². The Bertz CT molecular complexity index is 376. The van der Waals surface area contributed by atoms with Crippen molar-refractivity contribution in [2.24, 2.45) is 10.9 Å². The van der Waals surface area contributed by atoms with E-state index in [0.717, 1.165) is 5.69 Å². The van der Waals surface area contributed by atoms with Crippen LogP contribution in [0.3, 0.4) is 0 Å². The Morgan fingerprint density at radius 2 is 2.33 bits per heavy atom. The molecule has 0 aliphatic rings. The van der Waals surface area contributed by atoms with Crippen molar-refractivity contribution in [1.82, 2.24) is 10.2 Å². The molecular weight excluding hydrogens is 198 g/mol. The summed E-state index contributed by atoms with van der Waals surface area (Å²) in [5, 5.41) is 20.3. The quantitative estimate of drug-likeness (QED) is 0.245. The maximum absolute atomic E-state index is 11.4. The Kier molecular flexibility index (Phi) is 3.27. The number of nitrogens with two attached hydrogens (primary N) is 1. The lowest BCUT2D eigenvalue weighted by Crippen LogP contribution is -2.22. The van der Waals surface area contributed by atoms with Crippen LogP contribution in [0, 0.1) is 13.8 Å². The zero-order valence-electron chi connectivity index (χ0n) is 8.53. The number of amides is 1. The molecule has 15 heavy (non-hydrogen) atoms. The Labute approximate surface area is 86.3 Å². The van der Waals surface area contributed by atoms with Crippen molar-refractivity contribution in [3.8, 4) is 0 Å². The fourth-order valence-corrected chi connectivity index (χ4v) is 1.12. The third-order valence-electron chi connectivity index (χ3n) is 1.86. The lowest BCUT2D eigenvalue weighted by molar-refractivity contribution is -0.115. The first-order chi connectivity index (χ1) is 7.04. The Morgan fingerprint density at radius 3 is 2.80 bits per heavy atom. The van der Waals surface area contributed by atoms with Gasteiger partial charge in [-0.05, 0) is 13.8 Å². The van der Waals surface area contributed by atoms with E-state index in [1.54, 1.807) is 13.8 Å². The van der Waals surface area contributed by atoms with Crippen LogP contribution < -0.4 is 11.1 Å². The molecule has 0 radical (unpaired) electrons. The molecule has 0 aromatic carbocycles. The number of anilines is 1. The van der Waals surface area contributed by atoms with Crippen molar-refractivity contribution in [2.75, 3.05) is 5.32 Å². The number of H-pyrrole nitrogens is 1. The molecule has 5 N–H and O–H groups in total. The van der Waals surface area contributed by atoms with Crippen molar-refractivity contribution in [3.63, 3.8) is 0 Å². The minimum Gasteiger partial charge on any atom is -0.409 e. The van der Waals surface area contributed by atoms with Gasteiger partial charge in [-0.2, -0.15) is 5.10 Å². The summed E-state index contributed by atoms with van der Waals surface area (Å²) in [4.78, 5) is 11.4. The highest BCUT2D eigenvalue weighted by atomic mass is 16.4. The summed E-state index contributed by atoms with van der Waals surface area (Å²) in [5.41, 5.74) is 7.28. The summed E-state index contributed by atoms with van der Waals surface area (Å²) in [6, 6.07) is 0. The molecule has 1 aromatic heterocycles. The van der Waals surface area contributed by atoms with E-state index < -0.39 is 0 Å². The molecule has 1 aromatic rings. The topological polar surface area (TPSA) is 116 Å². The number of rotatable bonds is 3. The van der Waals surface area contributed by atoms with Crippen molar-refractivity contribution in [3.05, 3.63) is 11.4 Å². The number of nitrogens with zero attached hydrogens (tertiary/aromatic N) is 2. The van der Waals surface area contributed by atoms with Crippen molar-refractivity contribution in [1.29, 1.82) is 0 Å². The molecule has 1 amide bonds. The summed E-state index contributed by atoms with van der Waals surface area (Å²) in [6.45, 7) is 3.56. The molecule has 1 rings (SSSR count). The summed E-state index contributed by atoms with van der Waals surface area (Å²) in [5.74, 6) is -0.482. The second kappa shape index (κ2) is 4.45. The highest BCUT2D eigenvalue weighted by Crippen LogP contribution is 2.15. The predicted molar refractivity (Wildman–Crippen MR) is 54.7 cm³/mol. The van der Waals surface area contributed by atoms with Gasteiger partial charge in [0, 0.05) is 0 Å². The van der Waals surface area contributed by atoms with E-state index >= 15 is 0 Å². The zero-order valence-corrected chi connectivity index (χ0v) is 8.53.